The number of carbonyl (C=O) groups is 2. The van der Waals surface area contributed by atoms with Gasteiger partial charge in [-0.3, -0.25) is 4.79 Å². The zero-order valence-corrected chi connectivity index (χ0v) is 21.0. The van der Waals surface area contributed by atoms with Crippen molar-refractivity contribution in [3.8, 4) is 11.5 Å². The quantitative estimate of drug-likeness (QED) is 0.571. The lowest BCUT2D eigenvalue weighted by molar-refractivity contribution is -0.139. The highest BCUT2D eigenvalue weighted by Gasteiger charge is 2.46. The Kier molecular flexibility index (Phi) is 7.01. The second-order valence-electron chi connectivity index (χ2n) is 9.84. The molecule has 1 aliphatic carbocycles. The Bertz CT molecular complexity index is 1180. The maximum absolute atomic E-state index is 13.5. The Balaban J connectivity index is 1.72. The molecule has 4 rings (SSSR count). The molecule has 2 unspecified atom stereocenters. The minimum atomic E-state index is -0.499. The fourth-order valence-corrected chi connectivity index (χ4v) is 5.13. The lowest BCUT2D eigenvalue weighted by Gasteiger charge is -2.41. The molecule has 2 aliphatic rings. The number of Topliss-reactive ketones (excluding diaryl/α,β-unsaturated/α-hetero) is 1. The summed E-state index contributed by atoms with van der Waals surface area (Å²) in [5.74, 6) is -0.169. The second kappa shape index (κ2) is 9.98. The highest BCUT2D eigenvalue weighted by molar-refractivity contribution is 5.96. The third-order valence-electron chi connectivity index (χ3n) is 6.69. The number of rotatable bonds is 7. The maximum Gasteiger partial charge on any atom is 0.336 e. The smallest absolute Gasteiger partial charge is 0.336 e. The summed E-state index contributed by atoms with van der Waals surface area (Å²) in [6, 6.07) is 15.5. The van der Waals surface area contributed by atoms with E-state index in [4.69, 9.17) is 14.2 Å². The summed E-state index contributed by atoms with van der Waals surface area (Å²) >= 11 is 0. The molecule has 0 spiro atoms. The number of ketones is 1. The van der Waals surface area contributed by atoms with Crippen molar-refractivity contribution in [2.45, 2.75) is 39.5 Å². The van der Waals surface area contributed by atoms with Crippen molar-refractivity contribution >= 4 is 11.8 Å². The highest BCUT2D eigenvalue weighted by atomic mass is 16.5. The first kappa shape index (κ1) is 24.6. The van der Waals surface area contributed by atoms with Crippen LogP contribution in [0.2, 0.25) is 0 Å². The molecule has 0 amide bonds. The first-order chi connectivity index (χ1) is 16.7. The number of hydrogen-bond acceptors (Lipinski definition) is 6. The van der Waals surface area contributed by atoms with Gasteiger partial charge in [-0.25, -0.2) is 4.79 Å². The van der Waals surface area contributed by atoms with E-state index in [0.29, 0.717) is 35.6 Å². The average molecular weight is 476 g/mol. The van der Waals surface area contributed by atoms with Gasteiger partial charge in [-0.2, -0.15) is 0 Å². The Labute approximate surface area is 207 Å². The van der Waals surface area contributed by atoms with Crippen LogP contribution in [0.5, 0.6) is 11.5 Å². The summed E-state index contributed by atoms with van der Waals surface area (Å²) in [6.07, 6.45) is 3.14. The van der Waals surface area contributed by atoms with E-state index in [1.807, 2.05) is 69.3 Å². The molecule has 2 aromatic rings. The minimum Gasteiger partial charge on any atom is -0.493 e. The van der Waals surface area contributed by atoms with Crippen LogP contribution in [-0.2, 0) is 20.7 Å². The number of carbonyl (C=O) groups excluding carboxylic acids is 2. The van der Waals surface area contributed by atoms with Crippen molar-refractivity contribution in [1.29, 1.82) is 0 Å². The van der Waals surface area contributed by atoms with Gasteiger partial charge in [0.05, 0.1) is 32.3 Å². The van der Waals surface area contributed by atoms with E-state index in [9.17, 15) is 9.59 Å². The zero-order chi connectivity index (χ0) is 25.2. The molecule has 1 aliphatic heterocycles. The standard InChI is InChI=1S/C29H33NO5/c1-18-25(28(32)35-14-13-19-9-7-6-8-10-19)26(20-11-12-23(33-4)24(15-20)34-5)27-21(30-18)16-29(2,3)17-22(27)31/h6-12,15-16,26-27,30H,13-14,17H2,1-5H3. The van der Waals surface area contributed by atoms with Gasteiger partial charge in [-0.15, -0.1) is 0 Å². The van der Waals surface area contributed by atoms with Crippen molar-refractivity contribution in [3.63, 3.8) is 0 Å². The molecule has 1 N–H and O–H groups in total. The van der Waals surface area contributed by atoms with E-state index < -0.39 is 17.8 Å². The minimum absolute atomic E-state index is 0.0990. The van der Waals surface area contributed by atoms with Crippen LogP contribution in [0.25, 0.3) is 0 Å². The van der Waals surface area contributed by atoms with Crippen molar-refractivity contribution in [2.24, 2.45) is 11.3 Å². The van der Waals surface area contributed by atoms with Crippen molar-refractivity contribution in [3.05, 3.63) is 82.7 Å². The molecule has 35 heavy (non-hydrogen) atoms. The topological polar surface area (TPSA) is 73.9 Å². The third kappa shape index (κ3) is 5.11. The molecule has 0 saturated carbocycles. The molecule has 6 nitrogen and oxygen atoms in total. The van der Waals surface area contributed by atoms with E-state index in [0.717, 1.165) is 16.8 Å². The maximum atomic E-state index is 13.5. The largest absolute Gasteiger partial charge is 0.493 e. The van der Waals surface area contributed by atoms with Crippen LogP contribution in [0, 0.1) is 11.3 Å². The van der Waals surface area contributed by atoms with Gasteiger partial charge in [0.1, 0.15) is 5.78 Å². The fraction of sp³-hybridized carbons (Fsp3) is 0.379. The van der Waals surface area contributed by atoms with Crippen molar-refractivity contribution in [1.82, 2.24) is 5.32 Å². The van der Waals surface area contributed by atoms with E-state index in [1.54, 1.807) is 14.2 Å². The SMILES string of the molecule is COc1ccc(C2C(C(=O)OCCc3ccccc3)=C(C)NC3=CC(C)(C)CC(=O)C32)cc1OC. The molecule has 0 saturated heterocycles. The number of benzene rings is 2. The van der Waals surface area contributed by atoms with Crippen LogP contribution in [-0.4, -0.2) is 32.6 Å². The molecule has 184 valence electrons. The number of nitrogens with one attached hydrogen (secondary N) is 1. The molecule has 2 aromatic carbocycles. The average Bonchev–Trinajstić information content (AvgIpc) is 2.82. The van der Waals surface area contributed by atoms with Crippen LogP contribution >= 0.6 is 0 Å². The number of methoxy groups -OCH3 is 2. The van der Waals surface area contributed by atoms with Gasteiger partial charge in [-0.05, 0) is 35.6 Å². The third-order valence-corrected chi connectivity index (χ3v) is 6.69. The van der Waals surface area contributed by atoms with Gasteiger partial charge in [0.15, 0.2) is 11.5 Å². The number of hydrogen-bond donors (Lipinski definition) is 1. The molecule has 0 radical (unpaired) electrons. The molecule has 0 aromatic heterocycles. The fourth-order valence-electron chi connectivity index (χ4n) is 5.13. The number of allylic oxidation sites excluding steroid dienone is 3. The van der Waals surface area contributed by atoms with Gasteiger partial charge < -0.3 is 19.5 Å². The van der Waals surface area contributed by atoms with Crippen LogP contribution in [0.4, 0.5) is 0 Å². The monoisotopic (exact) mass is 475 g/mol. The Morgan fingerprint density at radius 3 is 2.43 bits per heavy atom. The van der Waals surface area contributed by atoms with Gasteiger partial charge >= 0.3 is 5.97 Å². The zero-order valence-electron chi connectivity index (χ0n) is 21.0. The van der Waals surface area contributed by atoms with Crippen LogP contribution in [0.15, 0.2) is 71.6 Å². The lowest BCUT2D eigenvalue weighted by Crippen LogP contribution is -2.43. The van der Waals surface area contributed by atoms with E-state index in [2.05, 4.69) is 11.4 Å². The predicted octanol–water partition coefficient (Wildman–Crippen LogP) is 4.95. The Morgan fingerprint density at radius 1 is 1.03 bits per heavy atom. The number of esters is 1. The molecular weight excluding hydrogens is 442 g/mol. The van der Waals surface area contributed by atoms with Gasteiger partial charge in [-0.1, -0.05) is 56.3 Å². The summed E-state index contributed by atoms with van der Waals surface area (Å²) in [7, 11) is 3.15. The van der Waals surface area contributed by atoms with Crippen LogP contribution in [0.3, 0.4) is 0 Å². The molecular formula is C29H33NO5. The van der Waals surface area contributed by atoms with Gasteiger partial charge in [0.2, 0.25) is 0 Å². The summed E-state index contributed by atoms with van der Waals surface area (Å²) in [6.45, 7) is 6.22. The molecule has 0 bridgehead atoms. The van der Waals surface area contributed by atoms with Gasteiger partial charge in [0.25, 0.3) is 0 Å². The van der Waals surface area contributed by atoms with Crippen LogP contribution in [0.1, 0.15) is 44.2 Å². The molecule has 2 atom stereocenters. The second-order valence-corrected chi connectivity index (χ2v) is 9.84. The van der Waals surface area contributed by atoms with Crippen molar-refractivity contribution in [2.75, 3.05) is 20.8 Å². The highest BCUT2D eigenvalue weighted by Crippen LogP contribution is 2.48. The molecule has 1 heterocycles. The van der Waals surface area contributed by atoms with E-state index in [-0.39, 0.29) is 17.8 Å². The summed E-state index contributed by atoms with van der Waals surface area (Å²) in [5, 5.41) is 3.36. The normalized spacial score (nSPS) is 20.9. The summed E-state index contributed by atoms with van der Waals surface area (Å²) < 4.78 is 16.7. The number of fused-ring (bicyclic) bond motifs is 1. The lowest BCUT2D eigenvalue weighted by atomic mass is 9.66. The van der Waals surface area contributed by atoms with Gasteiger partial charge in [0, 0.05) is 30.2 Å². The van der Waals surface area contributed by atoms with E-state index in [1.165, 1.54) is 0 Å². The summed E-state index contributed by atoms with van der Waals surface area (Å²) in [5.41, 5.74) is 3.65. The number of ether oxygens (including phenoxy) is 3. The molecule has 0 fully saturated rings. The van der Waals surface area contributed by atoms with Crippen LogP contribution < -0.4 is 14.8 Å². The Hall–Kier alpha value is -3.54. The Morgan fingerprint density at radius 2 is 1.74 bits per heavy atom. The van der Waals surface area contributed by atoms with Crippen molar-refractivity contribution < 1.29 is 23.8 Å². The van der Waals surface area contributed by atoms with E-state index >= 15 is 0 Å². The molecule has 6 heteroatoms. The summed E-state index contributed by atoms with van der Waals surface area (Å²) in [4.78, 5) is 26.9. The predicted molar refractivity (Wildman–Crippen MR) is 134 cm³/mol. The first-order valence-electron chi connectivity index (χ1n) is 11.9. The first-order valence-corrected chi connectivity index (χ1v) is 11.9.